The van der Waals surface area contributed by atoms with Crippen LogP contribution in [0, 0.1) is 0 Å². The van der Waals surface area contributed by atoms with Gasteiger partial charge in [0.2, 0.25) is 0 Å². The van der Waals surface area contributed by atoms with E-state index in [4.69, 9.17) is 4.65 Å². The monoisotopic (exact) mass is 206 g/mol. The summed E-state index contributed by atoms with van der Waals surface area (Å²) in [6, 6.07) is 0. The SMILES string of the molecule is C/C=C(\CC)OB1C2CCCC1CCC2. The minimum absolute atomic E-state index is 0.554. The molecule has 84 valence electrons. The zero-order valence-electron chi connectivity index (χ0n) is 10.2. The molecule has 2 fully saturated rings. The van der Waals surface area contributed by atoms with E-state index in [-0.39, 0.29) is 0 Å². The molecule has 0 saturated carbocycles. The van der Waals surface area contributed by atoms with Crippen LogP contribution in [0.15, 0.2) is 11.8 Å². The molecule has 0 unspecified atom stereocenters. The van der Waals surface area contributed by atoms with Gasteiger partial charge >= 0.3 is 6.92 Å². The molecule has 2 saturated heterocycles. The quantitative estimate of drug-likeness (QED) is 0.490. The van der Waals surface area contributed by atoms with E-state index in [1.807, 2.05) is 0 Å². The van der Waals surface area contributed by atoms with E-state index in [1.165, 1.54) is 44.3 Å². The molecule has 15 heavy (non-hydrogen) atoms. The van der Waals surface area contributed by atoms with Gasteiger partial charge in [-0.05, 0) is 25.0 Å². The molecule has 0 amide bonds. The number of rotatable bonds is 3. The lowest BCUT2D eigenvalue weighted by atomic mass is 9.38. The summed E-state index contributed by atoms with van der Waals surface area (Å²) < 4.78 is 6.22. The second-order valence-electron chi connectivity index (χ2n) is 5.07. The Morgan fingerprint density at radius 2 is 1.73 bits per heavy atom. The second kappa shape index (κ2) is 5.09. The average Bonchev–Trinajstić information content (AvgIpc) is 2.25. The molecule has 0 spiro atoms. The van der Waals surface area contributed by atoms with Gasteiger partial charge in [-0.25, -0.2) is 0 Å². The van der Waals surface area contributed by atoms with Gasteiger partial charge in [-0.15, -0.1) is 0 Å². The van der Waals surface area contributed by atoms with Gasteiger partial charge in [0, 0.05) is 0 Å². The minimum atomic E-state index is 0.554. The van der Waals surface area contributed by atoms with Crippen LogP contribution in [0.25, 0.3) is 0 Å². The van der Waals surface area contributed by atoms with Crippen molar-refractivity contribution in [3.05, 3.63) is 11.8 Å². The van der Waals surface area contributed by atoms with Crippen LogP contribution in [0.5, 0.6) is 0 Å². The van der Waals surface area contributed by atoms with Crippen LogP contribution in [-0.4, -0.2) is 6.92 Å². The smallest absolute Gasteiger partial charge is 0.363 e. The molecule has 0 radical (unpaired) electrons. The van der Waals surface area contributed by atoms with Gasteiger partial charge in [0.15, 0.2) is 0 Å². The summed E-state index contributed by atoms with van der Waals surface area (Å²) in [7, 11) is 0. The van der Waals surface area contributed by atoms with Crippen LogP contribution in [0.4, 0.5) is 0 Å². The number of fused-ring (bicyclic) bond motifs is 2. The van der Waals surface area contributed by atoms with Crippen molar-refractivity contribution in [2.45, 2.75) is 70.4 Å². The molecule has 0 aromatic rings. The summed E-state index contributed by atoms with van der Waals surface area (Å²) in [6.07, 6.45) is 11.7. The molecule has 2 heteroatoms. The van der Waals surface area contributed by atoms with Crippen LogP contribution in [-0.2, 0) is 4.65 Å². The Kier molecular flexibility index (Phi) is 3.77. The number of allylic oxidation sites excluding steroid dienone is 2. The Labute approximate surface area is 94.4 Å². The van der Waals surface area contributed by atoms with E-state index in [1.54, 1.807) is 0 Å². The Morgan fingerprint density at radius 1 is 1.20 bits per heavy atom. The summed E-state index contributed by atoms with van der Waals surface area (Å²) in [6.45, 7) is 4.84. The zero-order chi connectivity index (χ0) is 10.7. The van der Waals surface area contributed by atoms with Crippen LogP contribution in [0.2, 0.25) is 11.6 Å². The maximum absolute atomic E-state index is 6.22. The van der Waals surface area contributed by atoms with Crippen LogP contribution in [0.1, 0.15) is 58.8 Å². The molecule has 0 atom stereocenters. The molecule has 0 aromatic heterocycles. The highest BCUT2D eigenvalue weighted by Crippen LogP contribution is 2.47. The summed E-state index contributed by atoms with van der Waals surface area (Å²) in [5.74, 6) is 2.93. The van der Waals surface area contributed by atoms with Gasteiger partial charge in [-0.2, -0.15) is 0 Å². The molecule has 2 bridgehead atoms. The number of hydrogen-bond acceptors (Lipinski definition) is 1. The fourth-order valence-corrected chi connectivity index (χ4v) is 3.34. The first kappa shape index (κ1) is 11.1. The minimum Gasteiger partial charge on any atom is -0.563 e. The van der Waals surface area contributed by atoms with Crippen molar-refractivity contribution >= 4 is 6.92 Å². The van der Waals surface area contributed by atoms with Crippen LogP contribution in [0.3, 0.4) is 0 Å². The number of hydrogen-bond donors (Lipinski definition) is 0. The standard InChI is InChI=1S/C13H23BO/c1-3-13(4-2)15-14-11-7-5-8-12(14)10-6-9-11/h3,11-12H,4-10H2,1-2H3/b13-3+. The van der Waals surface area contributed by atoms with Crippen molar-refractivity contribution < 1.29 is 4.65 Å². The molecular formula is C13H23BO. The lowest BCUT2D eigenvalue weighted by Gasteiger charge is -2.39. The predicted molar refractivity (Wildman–Crippen MR) is 66.1 cm³/mol. The molecule has 0 aromatic carbocycles. The first-order chi connectivity index (χ1) is 7.35. The van der Waals surface area contributed by atoms with Crippen molar-refractivity contribution in [2.24, 2.45) is 0 Å². The maximum atomic E-state index is 6.22. The molecular weight excluding hydrogens is 183 g/mol. The van der Waals surface area contributed by atoms with Gasteiger partial charge in [0.1, 0.15) is 0 Å². The van der Waals surface area contributed by atoms with Crippen molar-refractivity contribution in [1.82, 2.24) is 0 Å². The highest BCUT2D eigenvalue weighted by atomic mass is 16.4. The highest BCUT2D eigenvalue weighted by Gasteiger charge is 2.42. The Bertz CT molecular complexity index is 215. The molecule has 1 nitrogen and oxygen atoms in total. The Morgan fingerprint density at radius 3 is 2.13 bits per heavy atom. The molecule has 2 heterocycles. The van der Waals surface area contributed by atoms with E-state index in [2.05, 4.69) is 19.9 Å². The first-order valence-corrected chi connectivity index (χ1v) is 6.67. The molecule has 0 aliphatic carbocycles. The lowest BCUT2D eigenvalue weighted by molar-refractivity contribution is 0.325. The third-order valence-corrected chi connectivity index (χ3v) is 4.19. The fraction of sp³-hybridized carbons (Fsp3) is 0.846. The third kappa shape index (κ3) is 2.40. The highest BCUT2D eigenvalue weighted by molar-refractivity contribution is 6.56. The van der Waals surface area contributed by atoms with Gasteiger partial charge in [0.05, 0.1) is 5.76 Å². The van der Waals surface area contributed by atoms with Gasteiger partial charge < -0.3 is 4.65 Å². The van der Waals surface area contributed by atoms with Crippen molar-refractivity contribution in [3.8, 4) is 0 Å². The second-order valence-corrected chi connectivity index (χ2v) is 5.07. The Hall–Kier alpha value is -0.395. The summed E-state index contributed by atoms with van der Waals surface area (Å²) in [5.41, 5.74) is 0. The van der Waals surface area contributed by atoms with E-state index in [0.717, 1.165) is 18.1 Å². The predicted octanol–water partition coefficient (Wildman–Crippen LogP) is 4.42. The van der Waals surface area contributed by atoms with Crippen LogP contribution < -0.4 is 0 Å². The maximum Gasteiger partial charge on any atom is 0.363 e. The van der Waals surface area contributed by atoms with E-state index >= 15 is 0 Å². The fourth-order valence-electron chi connectivity index (χ4n) is 3.34. The lowest BCUT2D eigenvalue weighted by Crippen LogP contribution is -2.37. The largest absolute Gasteiger partial charge is 0.563 e. The molecule has 2 aliphatic rings. The van der Waals surface area contributed by atoms with Gasteiger partial charge in [-0.1, -0.05) is 51.5 Å². The summed E-state index contributed by atoms with van der Waals surface area (Å²) >= 11 is 0. The Balaban J connectivity index is 2.00. The average molecular weight is 206 g/mol. The van der Waals surface area contributed by atoms with Crippen molar-refractivity contribution in [1.29, 1.82) is 0 Å². The first-order valence-electron chi connectivity index (χ1n) is 6.67. The normalized spacial score (nSPS) is 31.6. The van der Waals surface area contributed by atoms with Gasteiger partial charge in [-0.3, -0.25) is 0 Å². The molecule has 2 rings (SSSR count). The van der Waals surface area contributed by atoms with E-state index in [9.17, 15) is 0 Å². The zero-order valence-corrected chi connectivity index (χ0v) is 10.2. The summed E-state index contributed by atoms with van der Waals surface area (Å²) in [5, 5.41) is 0. The third-order valence-electron chi connectivity index (χ3n) is 4.19. The molecule has 2 aliphatic heterocycles. The van der Waals surface area contributed by atoms with Gasteiger partial charge in [0.25, 0.3) is 0 Å². The molecule has 0 N–H and O–H groups in total. The van der Waals surface area contributed by atoms with Crippen molar-refractivity contribution in [2.75, 3.05) is 0 Å². The van der Waals surface area contributed by atoms with Crippen molar-refractivity contribution in [3.63, 3.8) is 0 Å². The summed E-state index contributed by atoms with van der Waals surface area (Å²) in [4.78, 5) is 0. The topological polar surface area (TPSA) is 9.23 Å². The van der Waals surface area contributed by atoms with E-state index < -0.39 is 0 Å². The van der Waals surface area contributed by atoms with E-state index in [0.29, 0.717) is 6.92 Å². The van der Waals surface area contributed by atoms with Crippen LogP contribution >= 0.6 is 0 Å².